The maximum atomic E-state index is 13.3. The van der Waals surface area contributed by atoms with E-state index in [1.54, 1.807) is 33.8 Å². The van der Waals surface area contributed by atoms with Gasteiger partial charge in [-0.05, 0) is 39.3 Å². The van der Waals surface area contributed by atoms with Crippen LogP contribution in [0.4, 0.5) is 5.13 Å². The van der Waals surface area contributed by atoms with E-state index < -0.39 is 53.3 Å². The third kappa shape index (κ3) is 8.09. The number of hydrogen-bond donors (Lipinski definition) is 4. The van der Waals surface area contributed by atoms with Crippen molar-refractivity contribution in [1.29, 1.82) is 0 Å². The molecule has 2 aliphatic rings. The predicted molar refractivity (Wildman–Crippen MR) is 170 cm³/mol. The van der Waals surface area contributed by atoms with Crippen LogP contribution in [-0.4, -0.2) is 105 Å². The fourth-order valence-electron chi connectivity index (χ4n) is 4.45. The van der Waals surface area contributed by atoms with Gasteiger partial charge in [-0.1, -0.05) is 5.16 Å². The number of anilines is 1. The molecule has 5 heterocycles. The molecule has 22 heteroatoms. The first kappa shape index (κ1) is 37.1. The van der Waals surface area contributed by atoms with Crippen molar-refractivity contribution in [3.05, 3.63) is 39.9 Å². The van der Waals surface area contributed by atoms with Crippen molar-refractivity contribution in [3.63, 3.8) is 0 Å². The van der Waals surface area contributed by atoms with Crippen LogP contribution in [0.15, 0.2) is 32.9 Å². The van der Waals surface area contributed by atoms with Gasteiger partial charge in [0.1, 0.15) is 33.4 Å². The number of hydrogen-bond acceptors (Lipinski definition) is 16. The van der Waals surface area contributed by atoms with E-state index in [0.29, 0.717) is 16.3 Å². The van der Waals surface area contributed by atoms with E-state index in [4.69, 9.17) is 21.0 Å². The first-order valence-electron chi connectivity index (χ1n) is 13.6. The van der Waals surface area contributed by atoms with Crippen LogP contribution in [0.25, 0.3) is 5.78 Å². The van der Waals surface area contributed by atoms with Crippen LogP contribution in [-0.2, 0) is 28.8 Å². The second-order valence-electron chi connectivity index (χ2n) is 11.0. The first-order chi connectivity index (χ1) is 22.1. The number of primary amides is 1. The zero-order chi connectivity index (χ0) is 34.2. The van der Waals surface area contributed by atoms with Crippen LogP contribution in [0.1, 0.15) is 44.2 Å². The van der Waals surface area contributed by atoms with Gasteiger partial charge in [0.15, 0.2) is 10.8 Å². The number of fused-ring (bicyclic) bond motifs is 2. The molecule has 250 valence electrons. The van der Waals surface area contributed by atoms with E-state index in [1.807, 2.05) is 0 Å². The van der Waals surface area contributed by atoms with E-state index in [1.165, 1.54) is 33.4 Å². The maximum Gasteiger partial charge on any atom is 1.00 e. The zero-order valence-corrected chi connectivity index (χ0v) is 30.7. The Hall–Kier alpha value is -3.76. The number of β-lactam (4-membered cyclic amide) rings is 1. The van der Waals surface area contributed by atoms with Crippen LogP contribution in [0, 0.1) is 6.92 Å². The molecule has 0 radical (unpaired) electrons. The molecule has 18 nitrogen and oxygen atoms in total. The third-order valence-electron chi connectivity index (χ3n) is 6.30. The van der Waals surface area contributed by atoms with Crippen molar-refractivity contribution >= 4 is 81.1 Å². The number of thioether (sulfide) groups is 2. The van der Waals surface area contributed by atoms with E-state index in [2.05, 4.69) is 30.5 Å². The van der Waals surface area contributed by atoms with Gasteiger partial charge in [0.05, 0.1) is 0 Å². The maximum absolute atomic E-state index is 13.3. The minimum absolute atomic E-state index is 0. The molecule has 2 aliphatic heterocycles. The molecule has 3 amide bonds. The van der Waals surface area contributed by atoms with Crippen molar-refractivity contribution in [1.82, 2.24) is 34.8 Å². The number of carboxylic acids is 1. The Morgan fingerprint density at radius 3 is 2.60 bits per heavy atom. The average Bonchev–Trinajstić information content (AvgIpc) is 3.61. The Bertz CT molecular complexity index is 1880. The molecule has 3 aromatic heterocycles. The normalized spacial score (nSPS) is 17.7. The molecule has 0 bridgehead atoms. The monoisotopic (exact) mass is 728 g/mol. The number of carbonyl (C=O) groups excluding carboxylic acids is 4. The minimum Gasteiger partial charge on any atom is -1.00 e. The van der Waals surface area contributed by atoms with Gasteiger partial charge in [-0.3, -0.25) is 19.3 Å². The van der Waals surface area contributed by atoms with E-state index >= 15 is 0 Å². The number of carbonyl (C=O) groups is 5. The summed E-state index contributed by atoms with van der Waals surface area (Å²) in [5.41, 5.74) is 10.8. The molecule has 5 rings (SSSR count). The fraction of sp³-hybridized carbons (Fsp3) is 0.385. The van der Waals surface area contributed by atoms with Gasteiger partial charge in [0.2, 0.25) is 12.4 Å². The molecule has 0 unspecified atom stereocenters. The van der Waals surface area contributed by atoms with Gasteiger partial charge in [-0.15, -0.1) is 40.0 Å². The molecule has 0 aliphatic carbocycles. The summed E-state index contributed by atoms with van der Waals surface area (Å²) in [7, 11) is 0. The number of rotatable bonds is 11. The van der Waals surface area contributed by atoms with E-state index in [-0.39, 0.29) is 76.3 Å². The van der Waals surface area contributed by atoms with Crippen molar-refractivity contribution in [3.8, 4) is 0 Å². The van der Waals surface area contributed by atoms with Gasteiger partial charge in [0.25, 0.3) is 23.5 Å². The van der Waals surface area contributed by atoms with Crippen molar-refractivity contribution < 1.29 is 69.6 Å². The number of nitrogen functional groups attached to an aromatic ring is 1. The number of oxime groups is 1. The number of aliphatic carboxylic acids is 1. The Kier molecular flexibility index (Phi) is 11.4. The molecule has 0 spiro atoms. The van der Waals surface area contributed by atoms with Crippen molar-refractivity contribution in [2.45, 2.75) is 49.7 Å². The number of thiazole rings is 1. The van der Waals surface area contributed by atoms with Gasteiger partial charge in [-0.25, -0.2) is 19.6 Å². The number of aryl methyl sites for hydroxylation is 1. The fourth-order valence-corrected chi connectivity index (χ4v) is 7.53. The molecular weight excluding hydrogens is 700 g/mol. The summed E-state index contributed by atoms with van der Waals surface area (Å²) in [4.78, 5) is 81.2. The Balaban J connectivity index is 0.00000325. The number of nitrogens with zero attached hydrogens (tertiary/aromatic N) is 7. The number of nitrogens with two attached hydrogens (primary N) is 2. The Morgan fingerprint density at radius 1 is 1.25 bits per heavy atom. The number of nitrogens with one attached hydrogen (secondary N) is 1. The van der Waals surface area contributed by atoms with Crippen LogP contribution in [0.5, 0.6) is 0 Å². The molecule has 1 saturated heterocycles. The summed E-state index contributed by atoms with van der Waals surface area (Å²) >= 11 is 3.53. The Labute approximate surface area is 308 Å². The van der Waals surface area contributed by atoms with Crippen LogP contribution >= 0.6 is 34.9 Å². The molecular formula is C26H29N10NaO8S3. The zero-order valence-electron chi connectivity index (χ0n) is 27.2. The van der Waals surface area contributed by atoms with E-state index in [9.17, 15) is 29.1 Å². The summed E-state index contributed by atoms with van der Waals surface area (Å²) in [5.74, 6) is -4.02. The van der Waals surface area contributed by atoms with Crippen molar-refractivity contribution in [2.24, 2.45) is 10.9 Å². The summed E-state index contributed by atoms with van der Waals surface area (Å²) in [5, 5.41) is 22.0. The van der Waals surface area contributed by atoms with Gasteiger partial charge in [0, 0.05) is 22.6 Å². The Morgan fingerprint density at radius 2 is 1.98 bits per heavy atom. The number of carboxylic acid groups (broad SMARTS) is 1. The summed E-state index contributed by atoms with van der Waals surface area (Å²) in [6.07, 6.45) is 0. The van der Waals surface area contributed by atoms with Gasteiger partial charge in [-0.2, -0.15) is 9.50 Å². The third-order valence-corrected chi connectivity index (χ3v) is 9.39. The number of ether oxygens (including phenoxy) is 1. The predicted octanol–water partition coefficient (Wildman–Crippen LogP) is -2.72. The quantitative estimate of drug-likeness (QED) is 0.0297. The summed E-state index contributed by atoms with van der Waals surface area (Å²) in [6.45, 7) is 6.18. The molecule has 6 N–H and O–H groups in total. The summed E-state index contributed by atoms with van der Waals surface area (Å²) < 4.78 is 6.51. The molecule has 2 atom stereocenters. The SMILES string of the molecule is Cc1cc(SCC2=C(C(=O)O)N3C(=O)[C@@H](NC(=O)/C(=N\OCC(=O)OC(C)(C)C)c4csc(N)n4)[C@H]3SC2)n2nc(C(N)=O)nc2n1.[H-].[Na+]. The van der Waals surface area contributed by atoms with Crippen LogP contribution in [0.2, 0.25) is 0 Å². The molecule has 48 heavy (non-hydrogen) atoms. The van der Waals surface area contributed by atoms with Crippen LogP contribution < -0.4 is 46.3 Å². The molecule has 0 saturated carbocycles. The topological polar surface area (TPSA) is 260 Å². The smallest absolute Gasteiger partial charge is 1.00 e. The van der Waals surface area contributed by atoms with Crippen LogP contribution in [0.3, 0.4) is 0 Å². The van der Waals surface area contributed by atoms with Gasteiger partial charge >= 0.3 is 41.5 Å². The molecule has 0 aromatic carbocycles. The van der Waals surface area contributed by atoms with Gasteiger partial charge < -0.3 is 32.9 Å². The minimum atomic E-state index is -1.31. The number of aromatic nitrogens is 5. The molecule has 1 fully saturated rings. The van der Waals surface area contributed by atoms with E-state index in [0.717, 1.165) is 16.2 Å². The average molecular weight is 729 g/mol. The second kappa shape index (κ2) is 14.8. The molecule has 3 aromatic rings. The number of amides is 3. The standard InChI is InChI=1S/C26H28N10O8S3.Na.H/c1-10-5-13(36-25(29-10)32-19(33-36)18(27)38)45-7-11-8-46-22-16(21(40)35(22)17(11)23(41)42)31-20(39)15(12-9-47-24(28)30-12)34-43-6-14(37)44-26(2,3)4;;/h5,9,16,22H,6-8H2,1-4H3,(H2,27,38)(H2,28,30)(H,31,39)(H,41,42);;/q;+1;-1/b34-15-;;/t16-,22-;;/m1../s1. The summed E-state index contributed by atoms with van der Waals surface area (Å²) in [6, 6.07) is 0.608. The largest absolute Gasteiger partial charge is 1.00 e. The second-order valence-corrected chi connectivity index (χ2v) is 14.0. The van der Waals surface area contributed by atoms with Crippen molar-refractivity contribution in [2.75, 3.05) is 23.8 Å². The first-order valence-corrected chi connectivity index (χ1v) is 16.6. The number of esters is 1.